The van der Waals surface area contributed by atoms with Gasteiger partial charge in [-0.05, 0) is 15.9 Å². The molecule has 1 aromatic heterocycles. The molecule has 0 radical (unpaired) electrons. The fraction of sp³-hybridized carbons (Fsp3) is 0.214. The number of aromatic nitrogens is 2. The first-order valence-corrected chi connectivity index (χ1v) is 7.24. The first-order valence-electron chi connectivity index (χ1n) is 6.45. The van der Waals surface area contributed by atoms with Gasteiger partial charge in [0, 0.05) is 30.1 Å². The molecule has 2 N–H and O–H groups in total. The summed E-state index contributed by atoms with van der Waals surface area (Å²) in [5, 5.41) is 2.64. The number of H-pyrrole nitrogens is 1. The van der Waals surface area contributed by atoms with Gasteiger partial charge in [-0.15, -0.1) is 0 Å². The SMILES string of the molecule is COc1cc(NC(=O)Cn2cc(Br)c(=O)[nH]c2=O)cc(OC)c1. The van der Waals surface area contributed by atoms with Gasteiger partial charge < -0.3 is 14.8 Å². The molecule has 0 spiro atoms. The van der Waals surface area contributed by atoms with E-state index in [1.54, 1.807) is 18.2 Å². The van der Waals surface area contributed by atoms with Crippen molar-refractivity contribution in [1.82, 2.24) is 9.55 Å². The second-order valence-electron chi connectivity index (χ2n) is 4.51. The Morgan fingerprint density at radius 2 is 1.83 bits per heavy atom. The molecule has 2 aromatic rings. The standard InChI is InChI=1S/C14H14BrN3O5/c1-22-9-3-8(4-10(5-9)23-2)16-12(19)7-18-6-11(15)13(20)17-14(18)21/h3-6H,7H2,1-2H3,(H,16,19)(H,17,20,21). The van der Waals surface area contributed by atoms with E-state index in [-0.39, 0.29) is 11.0 Å². The molecular formula is C14H14BrN3O5. The highest BCUT2D eigenvalue weighted by molar-refractivity contribution is 9.10. The molecule has 9 heteroatoms. The summed E-state index contributed by atoms with van der Waals surface area (Å²) in [6, 6.07) is 4.90. The molecule has 0 saturated heterocycles. The number of nitrogens with one attached hydrogen (secondary N) is 2. The molecular weight excluding hydrogens is 370 g/mol. The van der Waals surface area contributed by atoms with E-state index in [0.717, 1.165) is 4.57 Å². The highest BCUT2D eigenvalue weighted by Crippen LogP contribution is 2.25. The van der Waals surface area contributed by atoms with Crippen molar-refractivity contribution in [1.29, 1.82) is 0 Å². The van der Waals surface area contributed by atoms with E-state index in [4.69, 9.17) is 9.47 Å². The summed E-state index contributed by atoms with van der Waals surface area (Å²) in [6.45, 7) is -0.256. The van der Waals surface area contributed by atoms with E-state index < -0.39 is 17.2 Å². The minimum atomic E-state index is -0.670. The number of carbonyl (C=O) groups excluding carboxylic acids is 1. The monoisotopic (exact) mass is 383 g/mol. The van der Waals surface area contributed by atoms with Crippen LogP contribution in [-0.4, -0.2) is 29.7 Å². The maximum absolute atomic E-state index is 12.1. The molecule has 23 heavy (non-hydrogen) atoms. The average molecular weight is 384 g/mol. The summed E-state index contributed by atoms with van der Waals surface area (Å²) in [5.74, 6) is 0.591. The number of rotatable bonds is 5. The van der Waals surface area contributed by atoms with Crippen molar-refractivity contribution in [2.45, 2.75) is 6.54 Å². The Labute approximate surface area is 139 Å². The lowest BCUT2D eigenvalue weighted by Gasteiger charge is -2.10. The summed E-state index contributed by atoms with van der Waals surface area (Å²) in [5.41, 5.74) is -0.761. The number of halogens is 1. The molecule has 0 bridgehead atoms. The maximum Gasteiger partial charge on any atom is 0.328 e. The third-order valence-electron chi connectivity index (χ3n) is 2.92. The molecule has 0 aliphatic carbocycles. The molecule has 0 saturated carbocycles. The number of amides is 1. The topological polar surface area (TPSA) is 102 Å². The Hall–Kier alpha value is -2.55. The number of nitrogens with zero attached hydrogens (tertiary/aromatic N) is 1. The van der Waals surface area contributed by atoms with Gasteiger partial charge in [-0.3, -0.25) is 19.1 Å². The van der Waals surface area contributed by atoms with Crippen molar-refractivity contribution in [2.75, 3.05) is 19.5 Å². The van der Waals surface area contributed by atoms with Gasteiger partial charge in [-0.1, -0.05) is 0 Å². The molecule has 1 amide bonds. The number of aromatic amines is 1. The summed E-state index contributed by atoms with van der Waals surface area (Å²) in [4.78, 5) is 37.1. The van der Waals surface area contributed by atoms with E-state index in [9.17, 15) is 14.4 Å². The summed E-state index contributed by atoms with van der Waals surface area (Å²) >= 11 is 3.01. The van der Waals surface area contributed by atoms with Crippen LogP contribution in [0, 0.1) is 0 Å². The molecule has 2 rings (SSSR count). The van der Waals surface area contributed by atoms with Crippen molar-refractivity contribution in [3.05, 3.63) is 49.7 Å². The Morgan fingerprint density at radius 3 is 2.39 bits per heavy atom. The van der Waals surface area contributed by atoms with Gasteiger partial charge in [0.25, 0.3) is 5.56 Å². The van der Waals surface area contributed by atoms with Crippen LogP contribution >= 0.6 is 15.9 Å². The van der Waals surface area contributed by atoms with Crippen LogP contribution < -0.4 is 26.0 Å². The van der Waals surface area contributed by atoms with E-state index in [0.29, 0.717) is 17.2 Å². The molecule has 1 aromatic carbocycles. The smallest absolute Gasteiger partial charge is 0.328 e. The van der Waals surface area contributed by atoms with Crippen LogP contribution in [0.1, 0.15) is 0 Å². The van der Waals surface area contributed by atoms with Crippen molar-refractivity contribution in [2.24, 2.45) is 0 Å². The van der Waals surface area contributed by atoms with Crippen molar-refractivity contribution >= 4 is 27.5 Å². The van der Waals surface area contributed by atoms with Crippen LogP contribution in [0.5, 0.6) is 11.5 Å². The number of methoxy groups -OCH3 is 2. The predicted octanol–water partition coefficient (Wildman–Crippen LogP) is 0.955. The van der Waals surface area contributed by atoms with E-state index in [2.05, 4.69) is 26.2 Å². The zero-order valence-corrected chi connectivity index (χ0v) is 14.0. The molecule has 0 aliphatic rings. The van der Waals surface area contributed by atoms with Crippen LogP contribution in [0.2, 0.25) is 0 Å². The van der Waals surface area contributed by atoms with E-state index >= 15 is 0 Å². The highest BCUT2D eigenvalue weighted by atomic mass is 79.9. The first kappa shape index (κ1) is 16.8. The Kier molecular flexibility index (Phi) is 5.22. The van der Waals surface area contributed by atoms with Crippen LogP contribution in [-0.2, 0) is 11.3 Å². The lowest BCUT2D eigenvalue weighted by atomic mass is 10.2. The lowest BCUT2D eigenvalue weighted by Crippen LogP contribution is -2.33. The summed E-state index contributed by atoms with van der Waals surface area (Å²) in [6.07, 6.45) is 1.26. The van der Waals surface area contributed by atoms with Gasteiger partial charge in [0.2, 0.25) is 5.91 Å². The van der Waals surface area contributed by atoms with Gasteiger partial charge in [0.1, 0.15) is 18.0 Å². The first-order chi connectivity index (χ1) is 10.9. The number of hydrogen-bond acceptors (Lipinski definition) is 5. The number of anilines is 1. The van der Waals surface area contributed by atoms with E-state index in [1.165, 1.54) is 20.4 Å². The van der Waals surface area contributed by atoms with Crippen LogP contribution in [0.25, 0.3) is 0 Å². The zero-order chi connectivity index (χ0) is 17.0. The lowest BCUT2D eigenvalue weighted by molar-refractivity contribution is -0.116. The van der Waals surface area contributed by atoms with Crippen molar-refractivity contribution in [3.63, 3.8) is 0 Å². The van der Waals surface area contributed by atoms with Crippen molar-refractivity contribution < 1.29 is 14.3 Å². The molecule has 122 valence electrons. The van der Waals surface area contributed by atoms with E-state index in [1.807, 2.05) is 0 Å². The average Bonchev–Trinajstić information content (AvgIpc) is 2.52. The number of carbonyl (C=O) groups is 1. The van der Waals surface area contributed by atoms with Gasteiger partial charge in [-0.2, -0.15) is 0 Å². The number of ether oxygens (including phenoxy) is 2. The van der Waals surface area contributed by atoms with Gasteiger partial charge in [0.15, 0.2) is 0 Å². The quantitative estimate of drug-likeness (QED) is 0.800. The molecule has 1 heterocycles. The number of benzene rings is 1. The largest absolute Gasteiger partial charge is 0.497 e. The number of hydrogen-bond donors (Lipinski definition) is 2. The van der Waals surface area contributed by atoms with Crippen molar-refractivity contribution in [3.8, 4) is 11.5 Å². The molecule has 8 nitrogen and oxygen atoms in total. The normalized spacial score (nSPS) is 10.2. The highest BCUT2D eigenvalue weighted by Gasteiger charge is 2.09. The second kappa shape index (κ2) is 7.14. The second-order valence-corrected chi connectivity index (χ2v) is 5.37. The fourth-order valence-electron chi connectivity index (χ4n) is 1.83. The van der Waals surface area contributed by atoms with Gasteiger partial charge in [-0.25, -0.2) is 4.79 Å². The Morgan fingerprint density at radius 1 is 1.22 bits per heavy atom. The minimum absolute atomic E-state index is 0.160. The minimum Gasteiger partial charge on any atom is -0.497 e. The van der Waals surface area contributed by atoms with Crippen LogP contribution in [0.3, 0.4) is 0 Å². The Balaban J connectivity index is 2.18. The third kappa shape index (κ3) is 4.22. The zero-order valence-electron chi connectivity index (χ0n) is 12.4. The summed E-state index contributed by atoms with van der Waals surface area (Å²) in [7, 11) is 3.00. The maximum atomic E-state index is 12.1. The predicted molar refractivity (Wildman–Crippen MR) is 87.2 cm³/mol. The van der Waals surface area contributed by atoms with Gasteiger partial charge in [0.05, 0.1) is 18.7 Å². The van der Waals surface area contributed by atoms with Crippen LogP contribution in [0.4, 0.5) is 5.69 Å². The Bertz CT molecular complexity index is 821. The fourth-order valence-corrected chi connectivity index (χ4v) is 2.18. The molecule has 0 fully saturated rings. The molecule has 0 unspecified atom stereocenters. The van der Waals surface area contributed by atoms with Crippen LogP contribution in [0.15, 0.2) is 38.5 Å². The van der Waals surface area contributed by atoms with Gasteiger partial charge >= 0.3 is 5.69 Å². The summed E-state index contributed by atoms with van der Waals surface area (Å²) < 4.78 is 11.5. The molecule has 0 atom stereocenters. The third-order valence-corrected chi connectivity index (χ3v) is 3.48. The molecule has 0 aliphatic heterocycles.